The number of carbonyl (C=O) groups is 5. The van der Waals surface area contributed by atoms with Crippen LogP contribution in [0.5, 0.6) is 0 Å². The lowest BCUT2D eigenvalue weighted by Gasteiger charge is -2.38. The normalized spacial score (nSPS) is 25.7. The molecule has 3 rings (SSSR count). The summed E-state index contributed by atoms with van der Waals surface area (Å²) >= 11 is 0. The van der Waals surface area contributed by atoms with Crippen molar-refractivity contribution in [1.29, 1.82) is 0 Å². The average Bonchev–Trinajstić information content (AvgIpc) is 3.61. The zero-order valence-electron chi connectivity index (χ0n) is 23.4. The van der Waals surface area contributed by atoms with Crippen LogP contribution >= 0.6 is 0 Å². The molecule has 1 saturated heterocycles. The maximum atomic E-state index is 13.8. The fraction of sp³-hybridized carbons (Fsp3) is 0.808. The molecule has 4 N–H and O–H groups in total. The smallest absolute Gasteiger partial charge is 0.427 e. The van der Waals surface area contributed by atoms with Crippen LogP contribution in [0.3, 0.4) is 0 Å². The van der Waals surface area contributed by atoms with Crippen molar-refractivity contribution in [3.05, 3.63) is 0 Å². The number of fused-ring (bicyclic) bond motifs is 1. The van der Waals surface area contributed by atoms with Crippen LogP contribution in [0.15, 0.2) is 0 Å². The Morgan fingerprint density at radius 2 is 1.59 bits per heavy atom. The summed E-state index contributed by atoms with van der Waals surface area (Å²) in [6.45, 7) is 10.4. The lowest BCUT2D eigenvalue weighted by molar-refractivity contribution is -0.244. The van der Waals surface area contributed by atoms with Gasteiger partial charge in [-0.1, -0.05) is 47.5 Å². The summed E-state index contributed by atoms with van der Waals surface area (Å²) in [6.07, 6.45) is -4.27. The molecule has 39 heavy (non-hydrogen) atoms. The Hall–Kier alpha value is -2.86. The molecular weight excluding hydrogens is 521 g/mol. The zero-order valence-corrected chi connectivity index (χ0v) is 23.4. The van der Waals surface area contributed by atoms with Gasteiger partial charge >= 0.3 is 12.3 Å². The Labute approximate surface area is 225 Å². The molecule has 10 nitrogen and oxygen atoms in total. The van der Waals surface area contributed by atoms with Gasteiger partial charge in [-0.05, 0) is 48.9 Å². The van der Waals surface area contributed by atoms with Gasteiger partial charge in [-0.15, -0.1) is 0 Å². The van der Waals surface area contributed by atoms with Crippen molar-refractivity contribution in [2.75, 3.05) is 6.54 Å². The summed E-state index contributed by atoms with van der Waals surface area (Å²) in [4.78, 5) is 65.2. The molecule has 2 aliphatic carbocycles. The van der Waals surface area contributed by atoms with E-state index in [1.165, 1.54) is 4.90 Å². The van der Waals surface area contributed by atoms with Crippen LogP contribution in [0, 0.1) is 28.6 Å². The summed E-state index contributed by atoms with van der Waals surface area (Å²) in [5.41, 5.74) is 1.16. The number of nitrogens with one attached hydrogen (secondary N) is 2. The zero-order chi connectivity index (χ0) is 29.9. The minimum absolute atomic E-state index is 0.0392. The minimum atomic E-state index is -4.84. The van der Waals surface area contributed by atoms with E-state index in [9.17, 15) is 37.1 Å². The predicted molar refractivity (Wildman–Crippen MR) is 133 cm³/mol. The lowest BCUT2D eigenvalue weighted by Crippen LogP contribution is -2.61. The monoisotopic (exact) mass is 560 g/mol. The fourth-order valence-electron chi connectivity index (χ4n) is 5.41. The number of nitrogens with zero attached hydrogens (tertiary/aromatic N) is 1. The third-order valence-corrected chi connectivity index (χ3v) is 8.31. The van der Waals surface area contributed by atoms with Gasteiger partial charge in [-0.2, -0.15) is 13.2 Å². The van der Waals surface area contributed by atoms with Crippen molar-refractivity contribution >= 4 is 29.6 Å². The van der Waals surface area contributed by atoms with E-state index in [1.54, 1.807) is 20.8 Å². The third kappa shape index (κ3) is 6.32. The number of hydrogen-bond acceptors (Lipinski definition) is 6. The molecule has 1 unspecified atom stereocenters. The number of nitrogens with two attached hydrogens (primary N) is 1. The molecule has 3 fully saturated rings. The Morgan fingerprint density at radius 3 is 2.05 bits per heavy atom. The van der Waals surface area contributed by atoms with Crippen molar-refractivity contribution < 1.29 is 41.9 Å². The van der Waals surface area contributed by atoms with Gasteiger partial charge < -0.3 is 26.0 Å². The summed E-state index contributed by atoms with van der Waals surface area (Å²) in [7, 11) is 0. The maximum Gasteiger partial charge on any atom is 0.427 e. The SMILES string of the molecule is CC(C)(C)[C@H](NC(=O)OC(C)(C)C(F)(F)F)C(=O)N1C[C@H]2C([C@H]1C(=O)N[C@@H](CC1CC1)C(=O)C(N)=O)C2(C)C. The first-order valence-electron chi connectivity index (χ1n) is 13.1. The molecule has 13 heteroatoms. The maximum absolute atomic E-state index is 13.8. The number of alkyl halides is 3. The minimum Gasteiger partial charge on any atom is -0.434 e. The number of amides is 4. The third-order valence-electron chi connectivity index (χ3n) is 8.31. The van der Waals surface area contributed by atoms with E-state index in [0.29, 0.717) is 13.8 Å². The van der Waals surface area contributed by atoms with E-state index in [0.717, 1.165) is 12.8 Å². The van der Waals surface area contributed by atoms with Gasteiger partial charge in [-0.3, -0.25) is 19.2 Å². The number of likely N-dealkylation sites (tertiary alicyclic amines) is 1. The molecule has 0 aromatic heterocycles. The molecule has 1 heterocycles. The van der Waals surface area contributed by atoms with E-state index in [-0.39, 0.29) is 36.1 Å². The van der Waals surface area contributed by atoms with Gasteiger partial charge in [-0.25, -0.2) is 4.79 Å². The number of alkyl carbamates (subject to hydrolysis) is 1. The highest BCUT2D eigenvalue weighted by Gasteiger charge is 2.70. The number of Topliss-reactive ketones (excluding diaryl/α,β-unsaturated/α-hetero) is 1. The summed E-state index contributed by atoms with van der Waals surface area (Å²) in [5, 5.41) is 4.92. The molecular formula is C26H39F3N4O6. The van der Waals surface area contributed by atoms with Crippen molar-refractivity contribution in [1.82, 2.24) is 15.5 Å². The average molecular weight is 561 g/mol. The summed E-state index contributed by atoms with van der Waals surface area (Å²) in [6, 6.07) is -3.44. The van der Waals surface area contributed by atoms with Crippen LogP contribution in [0.2, 0.25) is 0 Å². The van der Waals surface area contributed by atoms with Crippen molar-refractivity contribution in [3.8, 4) is 0 Å². The Kier molecular flexibility index (Phi) is 7.83. The van der Waals surface area contributed by atoms with E-state index in [4.69, 9.17) is 5.73 Å². The van der Waals surface area contributed by atoms with E-state index in [1.807, 2.05) is 13.8 Å². The molecule has 1 aliphatic heterocycles. The van der Waals surface area contributed by atoms with Crippen molar-refractivity contribution in [2.24, 2.45) is 34.3 Å². The number of hydrogen-bond donors (Lipinski definition) is 3. The molecule has 3 aliphatic rings. The molecule has 0 bridgehead atoms. The molecule has 0 radical (unpaired) electrons. The molecule has 2 saturated carbocycles. The Balaban J connectivity index is 1.83. The number of ketones is 1. The highest BCUT2D eigenvalue weighted by atomic mass is 19.4. The van der Waals surface area contributed by atoms with E-state index >= 15 is 0 Å². The number of primary amides is 1. The van der Waals surface area contributed by atoms with Crippen LogP contribution in [0.25, 0.3) is 0 Å². The lowest BCUT2D eigenvalue weighted by atomic mass is 9.85. The molecule has 0 aromatic carbocycles. The van der Waals surface area contributed by atoms with Crippen LogP contribution in [0.4, 0.5) is 18.0 Å². The first kappa shape index (κ1) is 30.7. The fourth-order valence-corrected chi connectivity index (χ4v) is 5.41. The van der Waals surface area contributed by atoms with Gasteiger partial charge in [0.2, 0.25) is 23.2 Å². The standard InChI is InChI=1S/C26H39F3N4O6/c1-23(2,3)18(32-22(38)39-25(6,7)26(27,28)29)21(37)33-11-13-15(24(13,4)5)16(33)20(36)31-14(10-12-8-9-12)17(34)19(30)35/h12-16,18H,8-11H2,1-7H3,(H2,30,35)(H,31,36)(H,32,38)/t13-,14-,15?,16-,18+/m0/s1. The second-order valence-electron chi connectivity index (χ2n) is 13.2. The van der Waals surface area contributed by atoms with Crippen LogP contribution in [0.1, 0.15) is 67.7 Å². The number of rotatable bonds is 9. The van der Waals surface area contributed by atoms with Crippen molar-refractivity contribution in [3.63, 3.8) is 0 Å². The molecule has 5 atom stereocenters. The molecule has 0 aromatic rings. The van der Waals surface area contributed by atoms with Gasteiger partial charge in [0.1, 0.15) is 12.1 Å². The summed E-state index contributed by atoms with van der Waals surface area (Å²) in [5.74, 6) is -3.45. The second kappa shape index (κ2) is 9.96. The topological polar surface area (TPSA) is 148 Å². The first-order chi connectivity index (χ1) is 17.6. The Bertz CT molecular complexity index is 1050. The van der Waals surface area contributed by atoms with Gasteiger partial charge in [0.05, 0.1) is 6.04 Å². The number of piperidine rings is 1. The largest absolute Gasteiger partial charge is 0.434 e. The molecule has 220 valence electrons. The van der Waals surface area contributed by atoms with Crippen LogP contribution < -0.4 is 16.4 Å². The van der Waals surface area contributed by atoms with Crippen LogP contribution in [-0.2, 0) is 23.9 Å². The second-order valence-corrected chi connectivity index (χ2v) is 13.2. The highest BCUT2D eigenvalue weighted by molar-refractivity contribution is 6.37. The Morgan fingerprint density at radius 1 is 1.03 bits per heavy atom. The first-order valence-corrected chi connectivity index (χ1v) is 13.1. The van der Waals surface area contributed by atoms with Crippen molar-refractivity contribution in [2.45, 2.75) is 97.6 Å². The number of halogens is 3. The van der Waals surface area contributed by atoms with Gasteiger partial charge in [0, 0.05) is 6.54 Å². The highest BCUT2D eigenvalue weighted by Crippen LogP contribution is 2.65. The predicted octanol–water partition coefficient (Wildman–Crippen LogP) is 2.29. The van der Waals surface area contributed by atoms with E-state index in [2.05, 4.69) is 15.4 Å². The van der Waals surface area contributed by atoms with E-state index < -0.39 is 64.9 Å². The summed E-state index contributed by atoms with van der Waals surface area (Å²) < 4.78 is 44.4. The quantitative estimate of drug-likeness (QED) is 0.369. The van der Waals surface area contributed by atoms with Crippen LogP contribution in [-0.4, -0.2) is 70.9 Å². The van der Waals surface area contributed by atoms with Gasteiger partial charge in [0.25, 0.3) is 5.91 Å². The number of ether oxygens (including phenoxy) is 1. The molecule has 0 spiro atoms. The molecule has 4 amide bonds. The number of carbonyl (C=O) groups excluding carboxylic acids is 5. The van der Waals surface area contributed by atoms with Gasteiger partial charge in [0.15, 0.2) is 0 Å².